The molecule has 0 aliphatic rings. The fourth-order valence-electron chi connectivity index (χ4n) is 2.64. The van der Waals surface area contributed by atoms with Crippen molar-refractivity contribution in [1.82, 2.24) is 10.3 Å². The van der Waals surface area contributed by atoms with Gasteiger partial charge in [0.1, 0.15) is 10.8 Å². The topological polar surface area (TPSA) is 34.2 Å². The van der Waals surface area contributed by atoms with Gasteiger partial charge in [-0.1, -0.05) is 30.3 Å². The van der Waals surface area contributed by atoms with Crippen LogP contribution in [0.5, 0.6) is 5.75 Å². The van der Waals surface area contributed by atoms with Gasteiger partial charge in [0, 0.05) is 16.5 Å². The Balaban J connectivity index is 2.19. The predicted molar refractivity (Wildman–Crippen MR) is 88.3 cm³/mol. The van der Waals surface area contributed by atoms with Crippen molar-refractivity contribution in [1.29, 1.82) is 0 Å². The predicted octanol–water partition coefficient (Wildman–Crippen LogP) is 3.92. The maximum absolute atomic E-state index is 5.47. The first-order valence-electron chi connectivity index (χ1n) is 6.89. The number of aryl methyl sites for hydroxylation is 1. The zero-order valence-corrected chi connectivity index (χ0v) is 13.2. The fraction of sp³-hybridized carbons (Fsp3) is 0.235. The molecule has 1 unspecified atom stereocenters. The molecule has 0 spiro atoms. The molecule has 0 fully saturated rings. The van der Waals surface area contributed by atoms with Crippen molar-refractivity contribution in [2.24, 2.45) is 0 Å². The first-order valence-corrected chi connectivity index (χ1v) is 7.77. The summed E-state index contributed by atoms with van der Waals surface area (Å²) in [4.78, 5) is 4.63. The molecule has 0 bridgehead atoms. The zero-order chi connectivity index (χ0) is 14.8. The van der Waals surface area contributed by atoms with Gasteiger partial charge in [-0.05, 0) is 31.0 Å². The van der Waals surface area contributed by atoms with Crippen molar-refractivity contribution in [2.45, 2.75) is 13.0 Å². The number of methoxy groups -OCH3 is 1. The number of hydrogen-bond donors (Lipinski definition) is 1. The van der Waals surface area contributed by atoms with Crippen LogP contribution < -0.4 is 10.1 Å². The van der Waals surface area contributed by atoms with E-state index in [0.717, 1.165) is 21.8 Å². The molecule has 1 aromatic heterocycles. The van der Waals surface area contributed by atoms with Crippen LogP contribution in [0.1, 0.15) is 22.3 Å². The van der Waals surface area contributed by atoms with E-state index in [1.165, 1.54) is 10.9 Å². The molecule has 1 N–H and O–H groups in total. The largest absolute Gasteiger partial charge is 0.496 e. The average Bonchev–Trinajstić information content (AvgIpc) is 2.94. The van der Waals surface area contributed by atoms with E-state index in [9.17, 15) is 0 Å². The second-order valence-electron chi connectivity index (χ2n) is 4.95. The molecule has 0 saturated carbocycles. The van der Waals surface area contributed by atoms with Gasteiger partial charge in [-0.2, -0.15) is 0 Å². The SMILES string of the molecule is CNC(c1nc(C)cs1)c1ccc(OC)c2ccccc12. The third-order valence-corrected chi connectivity index (χ3v) is 4.65. The summed E-state index contributed by atoms with van der Waals surface area (Å²) >= 11 is 1.69. The highest BCUT2D eigenvalue weighted by atomic mass is 32.1. The molecule has 21 heavy (non-hydrogen) atoms. The van der Waals surface area contributed by atoms with E-state index in [4.69, 9.17) is 4.74 Å². The first kappa shape index (κ1) is 14.0. The van der Waals surface area contributed by atoms with E-state index >= 15 is 0 Å². The highest BCUT2D eigenvalue weighted by molar-refractivity contribution is 7.09. The molecule has 3 nitrogen and oxygen atoms in total. The quantitative estimate of drug-likeness (QED) is 0.792. The van der Waals surface area contributed by atoms with Crippen molar-refractivity contribution >= 4 is 22.1 Å². The van der Waals surface area contributed by atoms with Crippen LogP contribution in [-0.2, 0) is 0 Å². The Bertz CT molecular complexity index is 766. The second kappa shape index (κ2) is 5.84. The minimum Gasteiger partial charge on any atom is -0.496 e. The van der Waals surface area contributed by atoms with Crippen LogP contribution in [0.2, 0.25) is 0 Å². The van der Waals surface area contributed by atoms with E-state index in [1.54, 1.807) is 18.4 Å². The number of nitrogens with one attached hydrogen (secondary N) is 1. The Morgan fingerprint density at radius 1 is 1.14 bits per heavy atom. The number of thiazole rings is 1. The van der Waals surface area contributed by atoms with Crippen molar-refractivity contribution in [3.63, 3.8) is 0 Å². The van der Waals surface area contributed by atoms with Gasteiger partial charge >= 0.3 is 0 Å². The van der Waals surface area contributed by atoms with Gasteiger partial charge in [0.2, 0.25) is 0 Å². The Labute approximate surface area is 128 Å². The summed E-state index contributed by atoms with van der Waals surface area (Å²) in [5, 5.41) is 8.89. The summed E-state index contributed by atoms with van der Waals surface area (Å²) in [6.45, 7) is 2.03. The monoisotopic (exact) mass is 298 g/mol. The van der Waals surface area contributed by atoms with E-state index in [-0.39, 0.29) is 6.04 Å². The number of rotatable bonds is 4. The van der Waals surface area contributed by atoms with Gasteiger partial charge in [0.05, 0.1) is 13.2 Å². The molecule has 3 rings (SSSR count). The minimum atomic E-state index is 0.0968. The normalized spacial score (nSPS) is 12.5. The molecule has 0 aliphatic heterocycles. The van der Waals surface area contributed by atoms with E-state index in [2.05, 4.69) is 39.9 Å². The van der Waals surface area contributed by atoms with Crippen LogP contribution in [0, 0.1) is 6.92 Å². The summed E-state index contributed by atoms with van der Waals surface area (Å²) in [5.74, 6) is 0.902. The standard InChI is InChI=1S/C17H18N2OS/c1-11-10-21-17(19-11)16(18-2)14-8-9-15(20-3)13-7-5-4-6-12(13)14/h4-10,16,18H,1-3H3. The van der Waals surface area contributed by atoms with Crippen LogP contribution in [-0.4, -0.2) is 19.1 Å². The molecule has 4 heteroatoms. The van der Waals surface area contributed by atoms with E-state index < -0.39 is 0 Å². The smallest absolute Gasteiger partial charge is 0.126 e. The Kier molecular flexibility index (Phi) is 3.90. The van der Waals surface area contributed by atoms with Crippen molar-refractivity contribution in [2.75, 3.05) is 14.2 Å². The van der Waals surface area contributed by atoms with Gasteiger partial charge in [-0.3, -0.25) is 0 Å². The zero-order valence-electron chi connectivity index (χ0n) is 12.4. The molecule has 0 saturated heterocycles. The van der Waals surface area contributed by atoms with Gasteiger partial charge in [-0.15, -0.1) is 11.3 Å². The van der Waals surface area contributed by atoms with Crippen LogP contribution in [0.15, 0.2) is 41.8 Å². The summed E-state index contributed by atoms with van der Waals surface area (Å²) in [7, 11) is 3.68. The molecule has 0 amide bonds. The number of aromatic nitrogens is 1. The molecule has 3 aromatic rings. The van der Waals surface area contributed by atoms with E-state index in [1.807, 2.05) is 26.1 Å². The lowest BCUT2D eigenvalue weighted by atomic mass is 9.98. The number of nitrogens with zero attached hydrogens (tertiary/aromatic N) is 1. The fourth-order valence-corrected chi connectivity index (χ4v) is 3.56. The summed E-state index contributed by atoms with van der Waals surface area (Å²) in [5.41, 5.74) is 2.29. The number of hydrogen-bond acceptors (Lipinski definition) is 4. The summed E-state index contributed by atoms with van der Waals surface area (Å²) < 4.78 is 5.47. The molecule has 1 atom stereocenters. The van der Waals surface area contributed by atoms with Crippen LogP contribution in [0.25, 0.3) is 10.8 Å². The Morgan fingerprint density at radius 3 is 2.52 bits per heavy atom. The Morgan fingerprint density at radius 2 is 1.90 bits per heavy atom. The van der Waals surface area contributed by atoms with Gasteiger partial charge in [0.15, 0.2) is 0 Å². The van der Waals surface area contributed by atoms with Crippen molar-refractivity contribution in [3.05, 3.63) is 58.0 Å². The van der Waals surface area contributed by atoms with Gasteiger partial charge in [-0.25, -0.2) is 4.98 Å². The second-order valence-corrected chi connectivity index (χ2v) is 5.84. The van der Waals surface area contributed by atoms with E-state index in [0.29, 0.717) is 0 Å². The average molecular weight is 298 g/mol. The third kappa shape index (κ3) is 2.52. The number of ether oxygens (including phenoxy) is 1. The van der Waals surface area contributed by atoms with Crippen molar-refractivity contribution < 1.29 is 4.74 Å². The lowest BCUT2D eigenvalue weighted by molar-refractivity contribution is 0.419. The maximum atomic E-state index is 5.47. The summed E-state index contributed by atoms with van der Waals surface area (Å²) in [6.07, 6.45) is 0. The van der Waals surface area contributed by atoms with Crippen LogP contribution in [0.4, 0.5) is 0 Å². The molecule has 0 radical (unpaired) electrons. The highest BCUT2D eigenvalue weighted by Gasteiger charge is 2.18. The van der Waals surface area contributed by atoms with Crippen molar-refractivity contribution in [3.8, 4) is 5.75 Å². The third-order valence-electron chi connectivity index (χ3n) is 3.62. The van der Waals surface area contributed by atoms with Crippen LogP contribution in [0.3, 0.4) is 0 Å². The maximum Gasteiger partial charge on any atom is 0.126 e. The lowest BCUT2D eigenvalue weighted by Gasteiger charge is -2.18. The minimum absolute atomic E-state index is 0.0968. The number of fused-ring (bicyclic) bond motifs is 1. The lowest BCUT2D eigenvalue weighted by Crippen LogP contribution is -2.18. The molecule has 108 valence electrons. The summed E-state index contributed by atoms with van der Waals surface area (Å²) in [6, 6.07) is 12.6. The molecular weight excluding hydrogens is 280 g/mol. The van der Waals surface area contributed by atoms with Gasteiger partial charge < -0.3 is 10.1 Å². The number of benzene rings is 2. The Hall–Kier alpha value is -1.91. The first-order chi connectivity index (χ1) is 10.2. The molecule has 1 heterocycles. The molecule has 2 aromatic carbocycles. The van der Waals surface area contributed by atoms with Gasteiger partial charge in [0.25, 0.3) is 0 Å². The molecule has 0 aliphatic carbocycles. The highest BCUT2D eigenvalue weighted by Crippen LogP contribution is 2.34. The molecular formula is C17H18N2OS. The van der Waals surface area contributed by atoms with Crippen LogP contribution >= 0.6 is 11.3 Å².